The Morgan fingerprint density at radius 1 is 0.818 bits per heavy atom. The molecule has 0 aliphatic rings. The Labute approximate surface area is 260 Å². The van der Waals surface area contributed by atoms with Gasteiger partial charge in [0.05, 0.1) is 11.9 Å². The van der Waals surface area contributed by atoms with Gasteiger partial charge in [0.2, 0.25) is 21.8 Å². The maximum atomic E-state index is 14.2. The summed E-state index contributed by atoms with van der Waals surface area (Å²) in [6, 6.07) is 32.6. The Morgan fingerprint density at radius 3 is 2.00 bits per heavy atom. The van der Waals surface area contributed by atoms with E-state index in [9.17, 15) is 18.0 Å². The zero-order valence-corrected chi connectivity index (χ0v) is 26.2. The van der Waals surface area contributed by atoms with Crippen molar-refractivity contribution in [3.05, 3.63) is 131 Å². The molecule has 0 aliphatic heterocycles. The SMILES string of the molecule is CCNC(=O)C(Cc1ccccc1)N(Cc1ccccc1C)C(=O)CN(c1ccc(OCc2ccccc2)cc1)S(C)(=O)=O. The van der Waals surface area contributed by atoms with E-state index in [-0.39, 0.29) is 18.9 Å². The second-order valence-electron chi connectivity index (χ2n) is 10.6. The maximum absolute atomic E-state index is 14.2. The summed E-state index contributed by atoms with van der Waals surface area (Å²) in [4.78, 5) is 29.1. The number of hydrogen-bond acceptors (Lipinski definition) is 5. The van der Waals surface area contributed by atoms with Crippen LogP contribution in [0.5, 0.6) is 5.75 Å². The third-order valence-corrected chi connectivity index (χ3v) is 8.42. The van der Waals surface area contributed by atoms with E-state index in [2.05, 4.69) is 5.32 Å². The molecule has 0 aromatic heterocycles. The molecule has 0 saturated heterocycles. The van der Waals surface area contributed by atoms with Crippen molar-refractivity contribution in [1.29, 1.82) is 0 Å². The first-order valence-corrected chi connectivity index (χ1v) is 16.4. The number of hydrogen-bond donors (Lipinski definition) is 1. The molecule has 1 unspecified atom stereocenters. The van der Waals surface area contributed by atoms with Crippen molar-refractivity contribution in [3.63, 3.8) is 0 Å². The van der Waals surface area contributed by atoms with Gasteiger partial charge in [-0.3, -0.25) is 13.9 Å². The number of ether oxygens (including phenoxy) is 1. The molecule has 0 heterocycles. The Hall–Kier alpha value is -4.63. The van der Waals surface area contributed by atoms with E-state index in [4.69, 9.17) is 4.74 Å². The predicted octanol–water partition coefficient (Wildman–Crippen LogP) is 5.12. The molecule has 0 spiro atoms. The van der Waals surface area contributed by atoms with Gasteiger partial charge in [-0.25, -0.2) is 8.42 Å². The van der Waals surface area contributed by atoms with Crippen molar-refractivity contribution < 1.29 is 22.7 Å². The second-order valence-corrected chi connectivity index (χ2v) is 12.5. The van der Waals surface area contributed by atoms with E-state index in [0.717, 1.165) is 32.8 Å². The number of likely N-dealkylation sites (N-methyl/N-ethyl adjacent to an activating group) is 1. The van der Waals surface area contributed by atoms with E-state index < -0.39 is 28.5 Å². The Bertz CT molecular complexity index is 1630. The van der Waals surface area contributed by atoms with Crippen molar-refractivity contribution in [1.82, 2.24) is 10.2 Å². The molecule has 1 atom stereocenters. The van der Waals surface area contributed by atoms with Gasteiger partial charge in [0.25, 0.3) is 0 Å². The van der Waals surface area contributed by atoms with Gasteiger partial charge < -0.3 is 15.0 Å². The zero-order valence-electron chi connectivity index (χ0n) is 25.3. The molecule has 4 aromatic rings. The van der Waals surface area contributed by atoms with Crippen LogP contribution < -0.4 is 14.4 Å². The highest BCUT2D eigenvalue weighted by atomic mass is 32.2. The van der Waals surface area contributed by atoms with Gasteiger partial charge in [0, 0.05) is 19.5 Å². The highest BCUT2D eigenvalue weighted by Gasteiger charge is 2.33. The lowest BCUT2D eigenvalue weighted by molar-refractivity contribution is -0.140. The summed E-state index contributed by atoms with van der Waals surface area (Å²) in [6.45, 7) is 4.20. The number of carbonyl (C=O) groups excluding carboxylic acids is 2. The Balaban J connectivity index is 1.63. The normalized spacial score (nSPS) is 11.8. The van der Waals surface area contributed by atoms with E-state index >= 15 is 0 Å². The highest BCUT2D eigenvalue weighted by Crippen LogP contribution is 2.24. The maximum Gasteiger partial charge on any atom is 0.244 e. The highest BCUT2D eigenvalue weighted by molar-refractivity contribution is 7.92. The van der Waals surface area contributed by atoms with Crippen LogP contribution in [0.25, 0.3) is 0 Å². The van der Waals surface area contributed by atoms with Gasteiger partial charge in [0.15, 0.2) is 0 Å². The van der Waals surface area contributed by atoms with Gasteiger partial charge in [-0.2, -0.15) is 0 Å². The van der Waals surface area contributed by atoms with Crippen molar-refractivity contribution >= 4 is 27.5 Å². The number of nitrogens with one attached hydrogen (secondary N) is 1. The Morgan fingerprint density at radius 2 is 1.41 bits per heavy atom. The van der Waals surface area contributed by atoms with Gasteiger partial charge in [-0.15, -0.1) is 0 Å². The lowest BCUT2D eigenvalue weighted by atomic mass is 10.0. The number of sulfonamides is 1. The van der Waals surface area contributed by atoms with Crippen molar-refractivity contribution in [3.8, 4) is 5.75 Å². The smallest absolute Gasteiger partial charge is 0.244 e. The number of nitrogens with zero attached hydrogens (tertiary/aromatic N) is 2. The summed E-state index contributed by atoms with van der Waals surface area (Å²) in [5, 5.41) is 2.87. The number of amides is 2. The molecule has 4 aromatic carbocycles. The molecule has 4 rings (SSSR count). The monoisotopic (exact) mass is 613 g/mol. The largest absolute Gasteiger partial charge is 0.489 e. The van der Waals surface area contributed by atoms with E-state index in [1.54, 1.807) is 24.3 Å². The molecule has 0 fully saturated rings. The van der Waals surface area contributed by atoms with Crippen LogP contribution in [0.3, 0.4) is 0 Å². The van der Waals surface area contributed by atoms with Crippen LogP contribution >= 0.6 is 0 Å². The fourth-order valence-electron chi connectivity index (χ4n) is 4.88. The molecule has 0 radical (unpaired) electrons. The minimum atomic E-state index is -3.87. The first-order valence-electron chi connectivity index (χ1n) is 14.6. The molecule has 0 bridgehead atoms. The van der Waals surface area contributed by atoms with Gasteiger partial charge in [0.1, 0.15) is 24.9 Å². The fraction of sp³-hybridized carbons (Fsp3) is 0.257. The molecule has 230 valence electrons. The van der Waals surface area contributed by atoms with E-state index in [0.29, 0.717) is 24.6 Å². The summed E-state index contributed by atoms with van der Waals surface area (Å²) in [5.74, 6) is -0.225. The number of rotatable bonds is 14. The van der Waals surface area contributed by atoms with Crippen LogP contribution in [0, 0.1) is 6.92 Å². The molecular weight excluding hydrogens is 574 g/mol. The van der Waals surface area contributed by atoms with Crippen molar-refractivity contribution in [2.75, 3.05) is 23.7 Å². The van der Waals surface area contributed by atoms with Gasteiger partial charge in [-0.05, 0) is 60.4 Å². The van der Waals surface area contributed by atoms with E-state index in [1.807, 2.05) is 98.8 Å². The van der Waals surface area contributed by atoms with Crippen LogP contribution in [-0.2, 0) is 39.2 Å². The number of anilines is 1. The minimum absolute atomic E-state index is 0.143. The topological polar surface area (TPSA) is 96.0 Å². The van der Waals surface area contributed by atoms with Crippen LogP contribution in [-0.4, -0.2) is 50.5 Å². The summed E-state index contributed by atoms with van der Waals surface area (Å²) in [6.07, 6.45) is 1.34. The zero-order chi connectivity index (χ0) is 31.5. The first-order chi connectivity index (χ1) is 21.2. The molecule has 2 amide bonds. The second kappa shape index (κ2) is 15.2. The molecule has 0 aliphatic carbocycles. The Kier molecular flexibility index (Phi) is 11.2. The molecule has 8 nitrogen and oxygen atoms in total. The lowest BCUT2D eigenvalue weighted by Gasteiger charge is -2.33. The summed E-state index contributed by atoms with van der Waals surface area (Å²) >= 11 is 0. The van der Waals surface area contributed by atoms with Crippen LogP contribution in [0.2, 0.25) is 0 Å². The van der Waals surface area contributed by atoms with Crippen LogP contribution in [0.1, 0.15) is 29.2 Å². The van der Waals surface area contributed by atoms with E-state index in [1.165, 1.54) is 4.90 Å². The average Bonchev–Trinajstić information content (AvgIpc) is 3.02. The van der Waals surface area contributed by atoms with Crippen LogP contribution in [0.4, 0.5) is 5.69 Å². The molecule has 1 N–H and O–H groups in total. The third kappa shape index (κ3) is 8.94. The minimum Gasteiger partial charge on any atom is -0.489 e. The average molecular weight is 614 g/mol. The molecule has 9 heteroatoms. The number of aryl methyl sites for hydroxylation is 1. The molecule has 0 saturated carbocycles. The van der Waals surface area contributed by atoms with Crippen LogP contribution in [0.15, 0.2) is 109 Å². The van der Waals surface area contributed by atoms with Crippen molar-refractivity contribution in [2.24, 2.45) is 0 Å². The predicted molar refractivity (Wildman–Crippen MR) is 174 cm³/mol. The first kappa shape index (κ1) is 32.3. The standard InChI is InChI=1S/C35H39N3O5S/c1-4-36-35(40)33(23-28-14-7-5-8-15-28)37(24-30-18-12-11-13-27(30)2)34(39)25-38(44(3,41)42)31-19-21-32(22-20-31)43-26-29-16-9-6-10-17-29/h5-22,33H,4,23-26H2,1-3H3,(H,36,40). The summed E-state index contributed by atoms with van der Waals surface area (Å²) in [5.41, 5.74) is 4.05. The lowest BCUT2D eigenvalue weighted by Crippen LogP contribution is -2.53. The summed E-state index contributed by atoms with van der Waals surface area (Å²) in [7, 11) is -3.87. The molecular formula is C35H39N3O5S. The summed E-state index contributed by atoms with van der Waals surface area (Å²) < 4.78 is 33.0. The van der Waals surface area contributed by atoms with Gasteiger partial charge >= 0.3 is 0 Å². The quantitative estimate of drug-likeness (QED) is 0.213. The van der Waals surface area contributed by atoms with Gasteiger partial charge in [-0.1, -0.05) is 84.9 Å². The molecule has 44 heavy (non-hydrogen) atoms. The number of benzene rings is 4. The number of carbonyl (C=O) groups is 2. The third-order valence-electron chi connectivity index (χ3n) is 7.28. The van der Waals surface area contributed by atoms with Crippen molar-refractivity contribution in [2.45, 2.75) is 39.5 Å². The fourth-order valence-corrected chi connectivity index (χ4v) is 5.73.